The van der Waals surface area contributed by atoms with Gasteiger partial charge in [-0.25, -0.2) is 4.39 Å². The van der Waals surface area contributed by atoms with E-state index in [1.54, 1.807) is 19.1 Å². The number of halogens is 1. The van der Waals surface area contributed by atoms with Gasteiger partial charge in [-0.15, -0.1) is 0 Å². The van der Waals surface area contributed by atoms with Crippen molar-refractivity contribution in [2.45, 2.75) is 51.1 Å². The monoisotopic (exact) mass is 290 g/mol. The normalized spacial score (nSPS) is 23.1. The van der Waals surface area contributed by atoms with Gasteiger partial charge in [-0.05, 0) is 43.5 Å². The highest BCUT2D eigenvalue weighted by Gasteiger charge is 2.42. The van der Waals surface area contributed by atoms with Crippen molar-refractivity contribution < 1.29 is 14.0 Å². The molecule has 0 radical (unpaired) electrons. The molecule has 0 bridgehead atoms. The van der Waals surface area contributed by atoms with Crippen LogP contribution in [0.3, 0.4) is 0 Å². The molecular formula is C16H19FN2O2. The molecule has 1 heterocycles. The Kier molecular flexibility index (Phi) is 3.66. The van der Waals surface area contributed by atoms with Crippen molar-refractivity contribution in [3.8, 4) is 0 Å². The predicted octanol–water partition coefficient (Wildman–Crippen LogP) is 2.62. The summed E-state index contributed by atoms with van der Waals surface area (Å²) in [6.07, 6.45) is 4.18. The SMILES string of the molecule is Cc1cc(NC2CC(=O)N(C3CCCC3)C2=O)ccc1F. The third-order valence-corrected chi connectivity index (χ3v) is 4.37. The van der Waals surface area contributed by atoms with Crippen LogP contribution >= 0.6 is 0 Å². The van der Waals surface area contributed by atoms with Crippen molar-refractivity contribution in [3.05, 3.63) is 29.6 Å². The van der Waals surface area contributed by atoms with E-state index in [0.29, 0.717) is 11.3 Å². The molecule has 2 aliphatic rings. The summed E-state index contributed by atoms with van der Waals surface area (Å²) >= 11 is 0. The lowest BCUT2D eigenvalue weighted by molar-refractivity contribution is -0.141. The summed E-state index contributed by atoms with van der Waals surface area (Å²) in [4.78, 5) is 26.0. The number of imide groups is 1. The third kappa shape index (κ3) is 2.64. The number of benzene rings is 1. The van der Waals surface area contributed by atoms with Crippen LogP contribution in [0.2, 0.25) is 0 Å². The number of anilines is 1. The summed E-state index contributed by atoms with van der Waals surface area (Å²) in [6.45, 7) is 1.67. The van der Waals surface area contributed by atoms with Crippen molar-refractivity contribution >= 4 is 17.5 Å². The van der Waals surface area contributed by atoms with Gasteiger partial charge in [0, 0.05) is 11.7 Å². The van der Waals surface area contributed by atoms with Crippen molar-refractivity contribution in [2.75, 3.05) is 5.32 Å². The maximum Gasteiger partial charge on any atom is 0.252 e. The first-order valence-electron chi connectivity index (χ1n) is 7.45. The van der Waals surface area contributed by atoms with Gasteiger partial charge in [0.15, 0.2) is 0 Å². The van der Waals surface area contributed by atoms with Crippen molar-refractivity contribution in [1.82, 2.24) is 4.90 Å². The molecule has 4 nitrogen and oxygen atoms in total. The van der Waals surface area contributed by atoms with Crippen LogP contribution in [0.1, 0.15) is 37.7 Å². The minimum absolute atomic E-state index is 0.0757. The smallest absolute Gasteiger partial charge is 0.252 e. The number of nitrogens with zero attached hydrogens (tertiary/aromatic N) is 1. The summed E-state index contributed by atoms with van der Waals surface area (Å²) in [5, 5.41) is 3.06. The van der Waals surface area contributed by atoms with Gasteiger partial charge in [-0.1, -0.05) is 12.8 Å². The van der Waals surface area contributed by atoms with Crippen LogP contribution in [-0.4, -0.2) is 28.8 Å². The summed E-state index contributed by atoms with van der Waals surface area (Å²) in [7, 11) is 0. The fourth-order valence-electron chi connectivity index (χ4n) is 3.25. The highest BCUT2D eigenvalue weighted by molar-refractivity contribution is 6.07. The summed E-state index contributed by atoms with van der Waals surface area (Å²) < 4.78 is 13.3. The van der Waals surface area contributed by atoms with Gasteiger partial charge in [-0.2, -0.15) is 0 Å². The van der Waals surface area contributed by atoms with E-state index < -0.39 is 6.04 Å². The molecule has 1 aliphatic heterocycles. The zero-order valence-corrected chi connectivity index (χ0v) is 12.1. The number of aryl methyl sites for hydroxylation is 1. The fraction of sp³-hybridized carbons (Fsp3) is 0.500. The molecular weight excluding hydrogens is 271 g/mol. The van der Waals surface area contributed by atoms with Gasteiger partial charge in [0.05, 0.1) is 6.42 Å². The first kappa shape index (κ1) is 14.0. The van der Waals surface area contributed by atoms with Crippen LogP contribution in [0, 0.1) is 12.7 Å². The Morgan fingerprint density at radius 2 is 1.95 bits per heavy atom. The van der Waals surface area contributed by atoms with Crippen molar-refractivity contribution in [3.63, 3.8) is 0 Å². The maximum absolute atomic E-state index is 13.3. The minimum atomic E-state index is -0.525. The Bertz CT molecular complexity index is 582. The van der Waals surface area contributed by atoms with E-state index in [4.69, 9.17) is 0 Å². The molecule has 1 aliphatic carbocycles. The lowest BCUT2D eigenvalue weighted by Crippen LogP contribution is -2.40. The fourth-order valence-corrected chi connectivity index (χ4v) is 3.25. The number of carbonyl (C=O) groups is 2. The highest BCUT2D eigenvalue weighted by atomic mass is 19.1. The number of hydrogen-bond acceptors (Lipinski definition) is 3. The predicted molar refractivity (Wildman–Crippen MR) is 77.3 cm³/mol. The van der Waals surface area contributed by atoms with Crippen LogP contribution in [0.4, 0.5) is 10.1 Å². The van der Waals surface area contributed by atoms with Crippen molar-refractivity contribution in [2.24, 2.45) is 0 Å². The van der Waals surface area contributed by atoms with E-state index in [0.717, 1.165) is 25.7 Å². The molecule has 1 N–H and O–H groups in total. The molecule has 5 heteroatoms. The average Bonchev–Trinajstić information content (AvgIpc) is 3.04. The molecule has 2 fully saturated rings. The molecule has 1 aromatic rings. The molecule has 1 saturated carbocycles. The topological polar surface area (TPSA) is 49.4 Å². The lowest BCUT2D eigenvalue weighted by atomic mass is 10.1. The number of nitrogens with one attached hydrogen (secondary N) is 1. The van der Waals surface area contributed by atoms with Crippen LogP contribution in [0.5, 0.6) is 0 Å². The summed E-state index contributed by atoms with van der Waals surface area (Å²) in [6, 6.07) is 4.17. The van der Waals surface area contributed by atoms with Crippen LogP contribution in [-0.2, 0) is 9.59 Å². The molecule has 2 amide bonds. The van der Waals surface area contributed by atoms with E-state index in [1.165, 1.54) is 11.0 Å². The zero-order chi connectivity index (χ0) is 15.0. The molecule has 21 heavy (non-hydrogen) atoms. The first-order chi connectivity index (χ1) is 10.1. The van der Waals surface area contributed by atoms with E-state index in [2.05, 4.69) is 5.32 Å². The molecule has 112 valence electrons. The summed E-state index contributed by atoms with van der Waals surface area (Å²) in [5.41, 5.74) is 1.19. The maximum atomic E-state index is 13.3. The van der Waals surface area contributed by atoms with Crippen LogP contribution in [0.15, 0.2) is 18.2 Å². The van der Waals surface area contributed by atoms with E-state index in [-0.39, 0.29) is 30.1 Å². The van der Waals surface area contributed by atoms with Crippen LogP contribution in [0.25, 0.3) is 0 Å². The largest absolute Gasteiger partial charge is 0.373 e. The Morgan fingerprint density at radius 3 is 2.62 bits per heavy atom. The highest BCUT2D eigenvalue weighted by Crippen LogP contribution is 2.29. The van der Waals surface area contributed by atoms with Crippen molar-refractivity contribution in [1.29, 1.82) is 0 Å². The number of amides is 2. The molecule has 0 aromatic heterocycles. The van der Waals surface area contributed by atoms with Gasteiger partial charge in [-0.3, -0.25) is 14.5 Å². The molecule has 3 rings (SSSR count). The lowest BCUT2D eigenvalue weighted by Gasteiger charge is -2.22. The first-order valence-corrected chi connectivity index (χ1v) is 7.45. The van der Waals surface area contributed by atoms with Gasteiger partial charge in [0.25, 0.3) is 5.91 Å². The zero-order valence-electron chi connectivity index (χ0n) is 12.1. The average molecular weight is 290 g/mol. The van der Waals surface area contributed by atoms with Gasteiger partial charge in [0.2, 0.25) is 5.91 Å². The van der Waals surface area contributed by atoms with Gasteiger partial charge < -0.3 is 5.32 Å². The molecule has 1 atom stereocenters. The standard InChI is InChI=1S/C16H19FN2O2/c1-10-8-11(6-7-13(10)17)18-14-9-15(20)19(16(14)21)12-4-2-3-5-12/h6-8,12,14,18H,2-5,9H2,1H3. The second-order valence-corrected chi connectivity index (χ2v) is 5.91. The molecule has 1 saturated heterocycles. The number of hydrogen-bond donors (Lipinski definition) is 1. The van der Waals surface area contributed by atoms with E-state index >= 15 is 0 Å². The molecule has 0 spiro atoms. The Morgan fingerprint density at radius 1 is 1.24 bits per heavy atom. The van der Waals surface area contributed by atoms with Crippen LogP contribution < -0.4 is 5.32 Å². The number of rotatable bonds is 3. The van der Waals surface area contributed by atoms with E-state index in [9.17, 15) is 14.0 Å². The minimum Gasteiger partial charge on any atom is -0.373 e. The quantitative estimate of drug-likeness (QED) is 0.871. The Balaban J connectivity index is 1.73. The van der Waals surface area contributed by atoms with Gasteiger partial charge in [0.1, 0.15) is 11.9 Å². The molecule has 1 aromatic carbocycles. The molecule has 1 unspecified atom stereocenters. The second kappa shape index (κ2) is 5.47. The Labute approximate surface area is 123 Å². The van der Waals surface area contributed by atoms with E-state index in [1.807, 2.05) is 0 Å². The number of carbonyl (C=O) groups excluding carboxylic acids is 2. The van der Waals surface area contributed by atoms with Gasteiger partial charge >= 0.3 is 0 Å². The second-order valence-electron chi connectivity index (χ2n) is 5.91. The Hall–Kier alpha value is -1.91. The summed E-state index contributed by atoms with van der Waals surface area (Å²) in [5.74, 6) is -0.515. The third-order valence-electron chi connectivity index (χ3n) is 4.37. The number of likely N-dealkylation sites (tertiary alicyclic amines) is 1.